The lowest BCUT2D eigenvalue weighted by atomic mass is 9.91. The minimum atomic E-state index is -0.484. The van der Waals surface area contributed by atoms with Gasteiger partial charge in [-0.1, -0.05) is 54.1 Å². The first kappa shape index (κ1) is 22.4. The van der Waals surface area contributed by atoms with Gasteiger partial charge in [0.1, 0.15) is 6.79 Å². The Morgan fingerprint density at radius 2 is 1.66 bits per heavy atom. The van der Waals surface area contributed by atoms with Crippen LogP contribution in [-0.2, 0) is 20.7 Å². The largest absolute Gasteiger partial charge is 0.353 e. The van der Waals surface area contributed by atoms with Crippen LogP contribution in [0.4, 0.5) is 0 Å². The third kappa shape index (κ3) is 5.33. The Kier molecular flexibility index (Phi) is 6.84. The number of thiophene rings is 1. The molecule has 3 aromatic rings. The molecule has 0 unspecified atom stereocenters. The summed E-state index contributed by atoms with van der Waals surface area (Å²) in [6, 6.07) is 19.9. The van der Waals surface area contributed by atoms with Crippen LogP contribution in [0.15, 0.2) is 60.7 Å². The van der Waals surface area contributed by atoms with Gasteiger partial charge in [0.25, 0.3) is 0 Å². The molecule has 1 fully saturated rings. The summed E-state index contributed by atoms with van der Waals surface area (Å²) in [5.41, 5.74) is 3.63. The van der Waals surface area contributed by atoms with Crippen molar-refractivity contribution in [2.45, 2.75) is 32.2 Å². The van der Waals surface area contributed by atoms with Gasteiger partial charge in [-0.3, -0.25) is 9.59 Å². The van der Waals surface area contributed by atoms with Gasteiger partial charge >= 0.3 is 0 Å². The zero-order chi connectivity index (χ0) is 22.6. The number of carbonyl (C=O) groups is 2. The fraction of sp³-hybridized carbons (Fsp3) is 0.308. The highest BCUT2D eigenvalue weighted by molar-refractivity contribution is 7.17. The second kappa shape index (κ2) is 9.77. The number of ketones is 1. The standard InChI is InChI=1S/C26H27NO4S/c1-18-3-7-22(8-4-18)25(29)24-12-11-23(32-24)21-9-5-20(6-10-21)13-14-26(27-19(2)28)15-30-17-31-16-26/h3-12H,13-17H2,1-2H3,(H,27,28). The molecule has 2 heterocycles. The molecule has 1 aliphatic rings. The molecule has 1 aromatic heterocycles. The number of benzene rings is 2. The lowest BCUT2D eigenvalue weighted by molar-refractivity contribution is -0.153. The number of aryl methyl sites for hydroxylation is 2. The molecule has 1 aliphatic heterocycles. The molecule has 166 valence electrons. The van der Waals surface area contributed by atoms with Crippen molar-refractivity contribution in [3.63, 3.8) is 0 Å². The van der Waals surface area contributed by atoms with Gasteiger partial charge in [0, 0.05) is 17.4 Å². The second-order valence-electron chi connectivity index (χ2n) is 8.33. The molecule has 1 saturated heterocycles. The van der Waals surface area contributed by atoms with Crippen LogP contribution in [-0.4, -0.2) is 37.2 Å². The highest BCUT2D eigenvalue weighted by Crippen LogP contribution is 2.30. The van der Waals surface area contributed by atoms with E-state index in [1.165, 1.54) is 23.8 Å². The summed E-state index contributed by atoms with van der Waals surface area (Å²) in [7, 11) is 0. The SMILES string of the molecule is CC(=O)NC1(CCc2ccc(-c3ccc(C(=O)c4ccc(C)cc4)s3)cc2)COCOC1. The van der Waals surface area contributed by atoms with Crippen molar-refractivity contribution in [3.8, 4) is 10.4 Å². The van der Waals surface area contributed by atoms with Crippen LogP contribution in [0.5, 0.6) is 0 Å². The van der Waals surface area contributed by atoms with Crippen molar-refractivity contribution < 1.29 is 19.1 Å². The van der Waals surface area contributed by atoms with Gasteiger partial charge in [-0.15, -0.1) is 11.3 Å². The molecule has 6 heteroatoms. The topological polar surface area (TPSA) is 64.6 Å². The van der Waals surface area contributed by atoms with Crippen LogP contribution in [0, 0.1) is 6.92 Å². The summed E-state index contributed by atoms with van der Waals surface area (Å²) in [6.07, 6.45) is 1.54. The van der Waals surface area contributed by atoms with Gasteiger partial charge < -0.3 is 14.8 Å². The van der Waals surface area contributed by atoms with E-state index in [2.05, 4.69) is 29.6 Å². The van der Waals surface area contributed by atoms with Crippen molar-refractivity contribution in [1.29, 1.82) is 0 Å². The van der Waals surface area contributed by atoms with E-state index >= 15 is 0 Å². The number of ether oxygens (including phenoxy) is 2. The van der Waals surface area contributed by atoms with Crippen molar-refractivity contribution in [2.75, 3.05) is 20.0 Å². The van der Waals surface area contributed by atoms with Gasteiger partial charge in [0.05, 0.1) is 23.6 Å². The molecular formula is C26H27NO4S. The zero-order valence-corrected chi connectivity index (χ0v) is 19.2. The van der Waals surface area contributed by atoms with Crippen molar-refractivity contribution in [3.05, 3.63) is 82.2 Å². The molecule has 0 spiro atoms. The normalized spacial score (nSPS) is 15.3. The maximum atomic E-state index is 12.8. The van der Waals surface area contributed by atoms with Gasteiger partial charge in [-0.05, 0) is 43.0 Å². The summed E-state index contributed by atoms with van der Waals surface area (Å²) in [4.78, 5) is 26.2. The number of hydrogen-bond donors (Lipinski definition) is 1. The van der Waals surface area contributed by atoms with Crippen LogP contribution in [0.2, 0.25) is 0 Å². The number of hydrogen-bond acceptors (Lipinski definition) is 5. The van der Waals surface area contributed by atoms with Crippen molar-refractivity contribution in [1.82, 2.24) is 5.32 Å². The highest BCUT2D eigenvalue weighted by atomic mass is 32.1. The van der Waals surface area contributed by atoms with E-state index in [4.69, 9.17) is 9.47 Å². The minimum Gasteiger partial charge on any atom is -0.353 e. The molecule has 0 aliphatic carbocycles. The molecule has 0 radical (unpaired) electrons. The third-order valence-corrected chi connectivity index (χ3v) is 6.77. The average Bonchev–Trinajstić information content (AvgIpc) is 3.29. The van der Waals surface area contributed by atoms with Crippen molar-refractivity contribution >= 4 is 23.0 Å². The summed E-state index contributed by atoms with van der Waals surface area (Å²) in [5.74, 6) is -0.0267. The molecule has 0 bridgehead atoms. The van der Waals surface area contributed by atoms with Crippen LogP contribution >= 0.6 is 11.3 Å². The molecule has 1 N–H and O–H groups in total. The van der Waals surface area contributed by atoms with E-state index in [0.29, 0.717) is 18.8 Å². The fourth-order valence-corrected chi connectivity index (χ4v) is 4.88. The summed E-state index contributed by atoms with van der Waals surface area (Å²) < 4.78 is 10.9. The van der Waals surface area contributed by atoms with E-state index in [-0.39, 0.29) is 18.5 Å². The van der Waals surface area contributed by atoms with Gasteiger partial charge in [-0.2, -0.15) is 0 Å². The first-order chi connectivity index (χ1) is 15.4. The van der Waals surface area contributed by atoms with Crippen LogP contribution in [0.3, 0.4) is 0 Å². The predicted octanol–water partition coefficient (Wildman–Crippen LogP) is 4.77. The van der Waals surface area contributed by atoms with Crippen LogP contribution < -0.4 is 5.32 Å². The predicted molar refractivity (Wildman–Crippen MR) is 126 cm³/mol. The molecule has 2 aromatic carbocycles. The monoisotopic (exact) mass is 449 g/mol. The van der Waals surface area contributed by atoms with Gasteiger partial charge in [0.2, 0.25) is 11.7 Å². The minimum absolute atomic E-state index is 0.0538. The first-order valence-electron chi connectivity index (χ1n) is 10.7. The Balaban J connectivity index is 1.42. The Morgan fingerprint density at radius 1 is 0.969 bits per heavy atom. The molecule has 4 rings (SSSR count). The molecule has 1 amide bonds. The summed E-state index contributed by atoms with van der Waals surface area (Å²) in [6.45, 7) is 4.71. The Hall–Kier alpha value is -2.80. The van der Waals surface area contributed by atoms with E-state index < -0.39 is 5.54 Å². The van der Waals surface area contributed by atoms with Crippen molar-refractivity contribution in [2.24, 2.45) is 0 Å². The Bertz CT molecular complexity index is 1080. The first-order valence-corrected chi connectivity index (χ1v) is 11.5. The molecule has 32 heavy (non-hydrogen) atoms. The fourth-order valence-electron chi connectivity index (χ4n) is 3.91. The van der Waals surface area contributed by atoms with Crippen LogP contribution in [0.1, 0.15) is 39.7 Å². The molecular weight excluding hydrogens is 422 g/mol. The molecule has 0 saturated carbocycles. The van der Waals surface area contributed by atoms with E-state index in [1.54, 1.807) is 0 Å². The molecule has 5 nitrogen and oxygen atoms in total. The van der Waals surface area contributed by atoms with E-state index in [0.717, 1.165) is 33.7 Å². The average molecular weight is 450 g/mol. The highest BCUT2D eigenvalue weighted by Gasteiger charge is 2.34. The number of rotatable bonds is 7. The van der Waals surface area contributed by atoms with Gasteiger partial charge in [0.15, 0.2) is 0 Å². The maximum absolute atomic E-state index is 12.8. The summed E-state index contributed by atoms with van der Waals surface area (Å²) >= 11 is 1.51. The van der Waals surface area contributed by atoms with E-state index in [1.807, 2.05) is 43.3 Å². The second-order valence-corrected chi connectivity index (χ2v) is 9.42. The van der Waals surface area contributed by atoms with Crippen LogP contribution in [0.25, 0.3) is 10.4 Å². The lowest BCUT2D eigenvalue weighted by Crippen LogP contribution is -2.57. The van der Waals surface area contributed by atoms with Gasteiger partial charge in [-0.25, -0.2) is 0 Å². The molecule has 0 atom stereocenters. The third-order valence-electron chi connectivity index (χ3n) is 5.64. The zero-order valence-electron chi connectivity index (χ0n) is 18.4. The summed E-state index contributed by atoms with van der Waals surface area (Å²) in [5, 5.41) is 3.01. The Morgan fingerprint density at radius 3 is 2.31 bits per heavy atom. The lowest BCUT2D eigenvalue weighted by Gasteiger charge is -2.37. The number of nitrogens with one attached hydrogen (secondary N) is 1. The Labute approximate surface area is 192 Å². The van der Waals surface area contributed by atoms with E-state index in [9.17, 15) is 9.59 Å². The number of amides is 1. The maximum Gasteiger partial charge on any atom is 0.217 e. The quantitative estimate of drug-likeness (QED) is 0.528. The smallest absolute Gasteiger partial charge is 0.217 e. The number of carbonyl (C=O) groups excluding carboxylic acids is 2.